The van der Waals surface area contributed by atoms with Crippen LogP contribution in [0.25, 0.3) is 0 Å². The van der Waals surface area contributed by atoms with E-state index in [1.807, 2.05) is 13.8 Å². The first-order valence-corrected chi connectivity index (χ1v) is 4.06. The fourth-order valence-corrected chi connectivity index (χ4v) is 1.45. The van der Waals surface area contributed by atoms with Crippen LogP contribution in [-0.2, 0) is 0 Å². The molecule has 2 nitrogen and oxygen atoms in total. The van der Waals surface area contributed by atoms with E-state index in [1.165, 1.54) is 12.8 Å². The molecule has 1 aliphatic rings. The summed E-state index contributed by atoms with van der Waals surface area (Å²) in [6, 6.07) is 0.307. The van der Waals surface area contributed by atoms with Crippen molar-refractivity contribution in [2.75, 3.05) is 6.54 Å². The zero-order valence-corrected chi connectivity index (χ0v) is 6.85. The Hall–Kier alpha value is -0.0800. The lowest BCUT2D eigenvalue weighted by atomic mass is 9.91. The van der Waals surface area contributed by atoms with Crippen LogP contribution < -0.4 is 5.32 Å². The van der Waals surface area contributed by atoms with Crippen LogP contribution >= 0.6 is 0 Å². The van der Waals surface area contributed by atoms with Crippen molar-refractivity contribution in [3.8, 4) is 0 Å². The predicted molar refractivity (Wildman–Crippen MR) is 41.9 cm³/mol. The SMILES string of the molecule is CC(C)(O)C1CCCCN1. The summed E-state index contributed by atoms with van der Waals surface area (Å²) in [6.45, 7) is 4.81. The van der Waals surface area contributed by atoms with Crippen molar-refractivity contribution in [1.82, 2.24) is 5.32 Å². The van der Waals surface area contributed by atoms with Crippen LogP contribution in [0.1, 0.15) is 33.1 Å². The van der Waals surface area contributed by atoms with E-state index in [1.54, 1.807) is 0 Å². The molecule has 1 unspecified atom stereocenters. The molecule has 1 heterocycles. The molecule has 1 atom stereocenters. The maximum atomic E-state index is 9.58. The van der Waals surface area contributed by atoms with Gasteiger partial charge in [-0.3, -0.25) is 0 Å². The third kappa shape index (κ3) is 1.96. The molecule has 0 aromatic carbocycles. The summed E-state index contributed by atoms with van der Waals surface area (Å²) in [4.78, 5) is 0. The minimum absolute atomic E-state index is 0.307. The Morgan fingerprint density at radius 3 is 2.40 bits per heavy atom. The topological polar surface area (TPSA) is 32.3 Å². The highest BCUT2D eigenvalue weighted by Gasteiger charge is 2.27. The van der Waals surface area contributed by atoms with Gasteiger partial charge in [0.05, 0.1) is 5.60 Å². The molecule has 0 spiro atoms. The molecule has 1 aliphatic heterocycles. The van der Waals surface area contributed by atoms with Gasteiger partial charge >= 0.3 is 0 Å². The summed E-state index contributed by atoms with van der Waals surface area (Å²) in [6.07, 6.45) is 3.62. The minimum Gasteiger partial charge on any atom is -0.389 e. The van der Waals surface area contributed by atoms with E-state index in [2.05, 4.69) is 5.32 Å². The molecular formula is C8H17NO. The van der Waals surface area contributed by atoms with E-state index in [-0.39, 0.29) is 0 Å². The zero-order chi connectivity index (χ0) is 7.61. The summed E-state index contributed by atoms with van der Waals surface area (Å²) in [5, 5.41) is 12.9. The summed E-state index contributed by atoms with van der Waals surface area (Å²) < 4.78 is 0. The first-order valence-electron chi connectivity index (χ1n) is 4.06. The van der Waals surface area contributed by atoms with Crippen molar-refractivity contribution < 1.29 is 5.11 Å². The summed E-state index contributed by atoms with van der Waals surface area (Å²) in [5.74, 6) is 0. The van der Waals surface area contributed by atoms with Gasteiger partial charge in [0.2, 0.25) is 0 Å². The van der Waals surface area contributed by atoms with Gasteiger partial charge in [0.25, 0.3) is 0 Å². The Morgan fingerprint density at radius 2 is 2.10 bits per heavy atom. The molecule has 0 aliphatic carbocycles. The second-order valence-electron chi connectivity index (χ2n) is 3.66. The van der Waals surface area contributed by atoms with Crippen LogP contribution in [-0.4, -0.2) is 23.3 Å². The lowest BCUT2D eigenvalue weighted by Crippen LogP contribution is -2.49. The van der Waals surface area contributed by atoms with Crippen molar-refractivity contribution in [3.63, 3.8) is 0 Å². The highest BCUT2D eigenvalue weighted by Crippen LogP contribution is 2.17. The molecule has 0 amide bonds. The van der Waals surface area contributed by atoms with Gasteiger partial charge < -0.3 is 10.4 Å². The highest BCUT2D eigenvalue weighted by molar-refractivity contribution is 4.85. The third-order valence-electron chi connectivity index (χ3n) is 2.16. The number of rotatable bonds is 1. The van der Waals surface area contributed by atoms with Crippen LogP contribution in [0.2, 0.25) is 0 Å². The first kappa shape index (κ1) is 8.02. The number of aliphatic hydroxyl groups is 1. The second kappa shape index (κ2) is 2.89. The van der Waals surface area contributed by atoms with Crippen molar-refractivity contribution in [1.29, 1.82) is 0 Å². The molecule has 1 fully saturated rings. The highest BCUT2D eigenvalue weighted by atomic mass is 16.3. The maximum Gasteiger partial charge on any atom is 0.0744 e. The van der Waals surface area contributed by atoms with Crippen molar-refractivity contribution in [2.24, 2.45) is 0 Å². The lowest BCUT2D eigenvalue weighted by Gasteiger charge is -2.33. The Kier molecular flexibility index (Phi) is 2.32. The van der Waals surface area contributed by atoms with E-state index in [0.717, 1.165) is 13.0 Å². The third-order valence-corrected chi connectivity index (χ3v) is 2.16. The minimum atomic E-state index is -0.541. The molecule has 60 valence electrons. The molecule has 2 N–H and O–H groups in total. The van der Waals surface area contributed by atoms with Crippen molar-refractivity contribution >= 4 is 0 Å². The van der Waals surface area contributed by atoms with Gasteiger partial charge in [-0.05, 0) is 33.2 Å². The van der Waals surface area contributed by atoms with Crippen LogP contribution in [0.3, 0.4) is 0 Å². The van der Waals surface area contributed by atoms with Crippen LogP contribution in [0.4, 0.5) is 0 Å². The average molecular weight is 143 g/mol. The standard InChI is InChI=1S/C8H17NO/c1-8(2,10)7-5-3-4-6-9-7/h7,9-10H,3-6H2,1-2H3. The predicted octanol–water partition coefficient (Wildman–Crippen LogP) is 0.899. The molecule has 1 saturated heterocycles. The Bertz CT molecular complexity index is 100. The van der Waals surface area contributed by atoms with E-state index >= 15 is 0 Å². The number of hydrogen-bond donors (Lipinski definition) is 2. The Labute approximate surface area is 62.6 Å². The summed E-state index contributed by atoms with van der Waals surface area (Å²) >= 11 is 0. The van der Waals surface area contributed by atoms with Gasteiger partial charge in [-0.1, -0.05) is 6.42 Å². The molecule has 0 aromatic rings. The van der Waals surface area contributed by atoms with Crippen molar-refractivity contribution in [2.45, 2.75) is 44.8 Å². The largest absolute Gasteiger partial charge is 0.389 e. The summed E-state index contributed by atoms with van der Waals surface area (Å²) in [5.41, 5.74) is -0.541. The molecule has 0 aromatic heterocycles. The van der Waals surface area contributed by atoms with E-state index in [9.17, 15) is 5.11 Å². The average Bonchev–Trinajstić information content (AvgIpc) is 1.88. The Morgan fingerprint density at radius 1 is 1.40 bits per heavy atom. The molecular weight excluding hydrogens is 126 g/mol. The molecule has 1 rings (SSSR count). The zero-order valence-electron chi connectivity index (χ0n) is 6.85. The Balaban J connectivity index is 2.39. The van der Waals surface area contributed by atoms with Gasteiger partial charge in [0.15, 0.2) is 0 Å². The van der Waals surface area contributed by atoms with Crippen LogP contribution in [0.5, 0.6) is 0 Å². The van der Waals surface area contributed by atoms with Crippen LogP contribution in [0, 0.1) is 0 Å². The monoisotopic (exact) mass is 143 g/mol. The fourth-order valence-electron chi connectivity index (χ4n) is 1.45. The van der Waals surface area contributed by atoms with Gasteiger partial charge in [0, 0.05) is 6.04 Å². The maximum absolute atomic E-state index is 9.58. The smallest absolute Gasteiger partial charge is 0.0744 e. The normalized spacial score (nSPS) is 28.5. The quantitative estimate of drug-likeness (QED) is 0.571. The van der Waals surface area contributed by atoms with Gasteiger partial charge in [0.1, 0.15) is 0 Å². The van der Waals surface area contributed by atoms with Crippen molar-refractivity contribution in [3.05, 3.63) is 0 Å². The van der Waals surface area contributed by atoms with E-state index < -0.39 is 5.60 Å². The fraction of sp³-hybridized carbons (Fsp3) is 1.00. The van der Waals surface area contributed by atoms with Gasteiger partial charge in [-0.25, -0.2) is 0 Å². The number of nitrogens with one attached hydrogen (secondary N) is 1. The molecule has 10 heavy (non-hydrogen) atoms. The first-order chi connectivity index (χ1) is 4.61. The summed E-state index contributed by atoms with van der Waals surface area (Å²) in [7, 11) is 0. The molecule has 0 bridgehead atoms. The molecule has 0 saturated carbocycles. The molecule has 0 radical (unpaired) electrons. The molecule has 2 heteroatoms. The van der Waals surface area contributed by atoms with Gasteiger partial charge in [-0.2, -0.15) is 0 Å². The van der Waals surface area contributed by atoms with Crippen LogP contribution in [0.15, 0.2) is 0 Å². The van der Waals surface area contributed by atoms with Gasteiger partial charge in [-0.15, -0.1) is 0 Å². The lowest BCUT2D eigenvalue weighted by molar-refractivity contribution is 0.0278. The number of piperidine rings is 1. The second-order valence-corrected chi connectivity index (χ2v) is 3.66. The number of hydrogen-bond acceptors (Lipinski definition) is 2. The van der Waals surface area contributed by atoms with E-state index in [0.29, 0.717) is 6.04 Å². The van der Waals surface area contributed by atoms with E-state index in [4.69, 9.17) is 0 Å².